The van der Waals surface area contributed by atoms with Gasteiger partial charge in [0.1, 0.15) is 5.75 Å². The first kappa shape index (κ1) is 21.9. The van der Waals surface area contributed by atoms with E-state index in [1.807, 2.05) is 24.3 Å². The highest BCUT2D eigenvalue weighted by Gasteiger charge is 2.47. The number of amides is 2. The Hall–Kier alpha value is -3.27. The zero-order valence-electron chi connectivity index (χ0n) is 17.3. The second kappa shape index (κ2) is 8.70. The summed E-state index contributed by atoms with van der Waals surface area (Å²) in [5, 5.41) is 3.89. The van der Waals surface area contributed by atoms with Gasteiger partial charge in [-0.2, -0.15) is 0 Å². The van der Waals surface area contributed by atoms with Gasteiger partial charge in [0.15, 0.2) is 0 Å². The lowest BCUT2D eigenvalue weighted by Crippen LogP contribution is -2.34. The number of rotatable bonds is 5. The number of anilines is 2. The Labute approximate surface area is 182 Å². The summed E-state index contributed by atoms with van der Waals surface area (Å²) in [5.74, 6) is -0.602. The summed E-state index contributed by atoms with van der Waals surface area (Å²) >= 11 is 0. The number of halogens is 3. The zero-order valence-corrected chi connectivity index (χ0v) is 17.3. The average molecular weight is 449 g/mol. The summed E-state index contributed by atoms with van der Waals surface area (Å²) in [6, 6.07) is 12.6. The van der Waals surface area contributed by atoms with E-state index in [0.29, 0.717) is 19.6 Å². The van der Waals surface area contributed by atoms with Crippen molar-refractivity contribution < 1.29 is 32.3 Å². The molecule has 2 fully saturated rings. The number of aryl methyl sites for hydroxylation is 1. The molecule has 2 aliphatic rings. The standard InChI is InChI=1S/C22H22F3N3O4/c1-2-14-3-7-17(8-4-14)28-12-15-11-27(13-19(15)20(28)29)32-21(30)26-16-5-9-18(10-6-16)31-22(23,24)25/h3-10,15,19H,2,11-13H2,1H3,(H,26,30)/t15-,19-/m1/s1. The molecule has 0 saturated carbocycles. The monoisotopic (exact) mass is 449 g/mol. The van der Waals surface area contributed by atoms with Crippen molar-refractivity contribution in [3.8, 4) is 5.75 Å². The van der Waals surface area contributed by atoms with Crippen molar-refractivity contribution in [2.45, 2.75) is 19.7 Å². The minimum absolute atomic E-state index is 0.00556. The van der Waals surface area contributed by atoms with Crippen LogP contribution in [0.1, 0.15) is 12.5 Å². The third kappa shape index (κ3) is 4.96. The fourth-order valence-electron chi connectivity index (χ4n) is 4.04. The van der Waals surface area contributed by atoms with Gasteiger partial charge in [-0.1, -0.05) is 19.1 Å². The van der Waals surface area contributed by atoms with Gasteiger partial charge in [-0.3, -0.25) is 10.1 Å². The largest absolute Gasteiger partial charge is 0.573 e. The molecule has 0 bridgehead atoms. The minimum Gasteiger partial charge on any atom is -0.406 e. The number of nitrogens with one attached hydrogen (secondary N) is 1. The van der Waals surface area contributed by atoms with E-state index in [9.17, 15) is 22.8 Å². The van der Waals surface area contributed by atoms with Crippen LogP contribution in [0.4, 0.5) is 29.3 Å². The Morgan fingerprint density at radius 1 is 1.06 bits per heavy atom. The summed E-state index contributed by atoms with van der Waals surface area (Å²) < 4.78 is 40.4. The topological polar surface area (TPSA) is 71.1 Å². The third-order valence-electron chi connectivity index (χ3n) is 5.61. The Morgan fingerprint density at radius 2 is 1.75 bits per heavy atom. The van der Waals surface area contributed by atoms with Crippen LogP contribution >= 0.6 is 0 Å². The van der Waals surface area contributed by atoms with Crippen molar-refractivity contribution in [1.29, 1.82) is 0 Å². The Balaban J connectivity index is 1.28. The summed E-state index contributed by atoms with van der Waals surface area (Å²) in [5.41, 5.74) is 2.32. The molecule has 1 N–H and O–H groups in total. The molecular formula is C22H22F3N3O4. The smallest absolute Gasteiger partial charge is 0.406 e. The second-order valence-corrected chi connectivity index (χ2v) is 7.76. The van der Waals surface area contributed by atoms with E-state index in [-0.39, 0.29) is 23.4 Å². The van der Waals surface area contributed by atoms with Crippen LogP contribution in [0.25, 0.3) is 0 Å². The van der Waals surface area contributed by atoms with E-state index in [0.717, 1.165) is 24.2 Å². The molecule has 0 radical (unpaired) electrons. The van der Waals surface area contributed by atoms with E-state index >= 15 is 0 Å². The van der Waals surface area contributed by atoms with Gasteiger partial charge in [0.2, 0.25) is 5.91 Å². The van der Waals surface area contributed by atoms with Crippen molar-refractivity contribution in [1.82, 2.24) is 5.06 Å². The van der Waals surface area contributed by atoms with Crippen molar-refractivity contribution in [3.05, 3.63) is 54.1 Å². The zero-order chi connectivity index (χ0) is 22.9. The highest BCUT2D eigenvalue weighted by Crippen LogP contribution is 2.35. The highest BCUT2D eigenvalue weighted by atomic mass is 19.4. The molecule has 2 aromatic rings. The van der Waals surface area contributed by atoms with Crippen LogP contribution in [-0.4, -0.2) is 43.1 Å². The van der Waals surface area contributed by atoms with E-state index in [2.05, 4.69) is 17.0 Å². The maximum Gasteiger partial charge on any atom is 0.573 e. The quantitative estimate of drug-likeness (QED) is 0.741. The first-order chi connectivity index (χ1) is 15.2. The van der Waals surface area contributed by atoms with E-state index in [1.165, 1.54) is 22.8 Å². The number of ether oxygens (including phenoxy) is 1. The number of nitrogens with zero attached hydrogens (tertiary/aromatic N) is 2. The van der Waals surface area contributed by atoms with E-state index in [1.54, 1.807) is 4.90 Å². The molecule has 0 aromatic heterocycles. The molecule has 0 spiro atoms. The van der Waals surface area contributed by atoms with Crippen molar-refractivity contribution in [2.75, 3.05) is 29.9 Å². The molecule has 2 heterocycles. The number of fused-ring (bicyclic) bond motifs is 1. The lowest BCUT2D eigenvalue weighted by molar-refractivity contribution is -0.274. The Bertz CT molecular complexity index is 979. The molecule has 4 rings (SSSR count). The molecule has 32 heavy (non-hydrogen) atoms. The lowest BCUT2D eigenvalue weighted by atomic mass is 10.0. The number of carbonyl (C=O) groups excluding carboxylic acids is 2. The summed E-state index contributed by atoms with van der Waals surface area (Å²) in [7, 11) is 0. The van der Waals surface area contributed by atoms with E-state index < -0.39 is 18.2 Å². The second-order valence-electron chi connectivity index (χ2n) is 7.76. The Kier molecular flexibility index (Phi) is 5.96. The number of alkyl halides is 3. The number of benzene rings is 2. The van der Waals surface area contributed by atoms with Crippen molar-refractivity contribution >= 4 is 23.4 Å². The molecule has 0 aliphatic carbocycles. The molecule has 0 unspecified atom stereocenters. The molecular weight excluding hydrogens is 427 g/mol. The first-order valence-electron chi connectivity index (χ1n) is 10.2. The van der Waals surface area contributed by atoms with Gasteiger partial charge in [-0.05, 0) is 48.4 Å². The van der Waals surface area contributed by atoms with Crippen molar-refractivity contribution in [2.24, 2.45) is 11.8 Å². The summed E-state index contributed by atoms with van der Waals surface area (Å²) in [4.78, 5) is 32.1. The number of hydroxylamine groups is 2. The van der Waals surface area contributed by atoms with Crippen LogP contribution in [-0.2, 0) is 16.1 Å². The van der Waals surface area contributed by atoms with Gasteiger partial charge < -0.3 is 14.5 Å². The third-order valence-corrected chi connectivity index (χ3v) is 5.61. The van der Waals surface area contributed by atoms with Crippen LogP contribution in [0.2, 0.25) is 0 Å². The molecule has 10 heteroatoms. The van der Waals surface area contributed by atoms with Gasteiger partial charge in [-0.25, -0.2) is 4.79 Å². The lowest BCUT2D eigenvalue weighted by Gasteiger charge is -2.21. The molecule has 7 nitrogen and oxygen atoms in total. The van der Waals surface area contributed by atoms with Crippen LogP contribution in [0, 0.1) is 11.8 Å². The van der Waals surface area contributed by atoms with Crippen LogP contribution in [0.15, 0.2) is 48.5 Å². The Morgan fingerprint density at radius 3 is 2.34 bits per heavy atom. The molecule has 2 saturated heterocycles. The maximum atomic E-state index is 12.8. The van der Waals surface area contributed by atoms with Gasteiger partial charge in [0.25, 0.3) is 0 Å². The maximum absolute atomic E-state index is 12.8. The van der Waals surface area contributed by atoms with Gasteiger partial charge >= 0.3 is 12.5 Å². The van der Waals surface area contributed by atoms with Gasteiger partial charge in [0.05, 0.1) is 5.92 Å². The minimum atomic E-state index is -4.78. The molecule has 2 aliphatic heterocycles. The van der Waals surface area contributed by atoms with Crippen molar-refractivity contribution in [3.63, 3.8) is 0 Å². The molecule has 2 atom stereocenters. The number of hydrogen-bond donors (Lipinski definition) is 1. The summed E-state index contributed by atoms with van der Waals surface area (Å²) in [6.07, 6.45) is -4.64. The van der Waals surface area contributed by atoms with Crippen LogP contribution in [0.5, 0.6) is 5.75 Å². The fourth-order valence-corrected chi connectivity index (χ4v) is 4.04. The van der Waals surface area contributed by atoms with E-state index in [4.69, 9.17) is 4.84 Å². The SMILES string of the molecule is CCc1ccc(N2C[C@H]3CN(OC(=O)Nc4ccc(OC(F)(F)F)cc4)C[C@H]3C2=O)cc1. The number of hydrogen-bond acceptors (Lipinski definition) is 5. The van der Waals surface area contributed by atoms with Crippen LogP contribution < -0.4 is 15.0 Å². The average Bonchev–Trinajstić information content (AvgIpc) is 3.27. The molecule has 170 valence electrons. The predicted octanol–water partition coefficient (Wildman–Crippen LogP) is 4.21. The van der Waals surface area contributed by atoms with Crippen LogP contribution in [0.3, 0.4) is 0 Å². The predicted molar refractivity (Wildman–Crippen MR) is 110 cm³/mol. The normalized spacial score (nSPS) is 20.9. The highest BCUT2D eigenvalue weighted by molar-refractivity contribution is 5.98. The fraction of sp³-hybridized carbons (Fsp3) is 0.364. The molecule has 2 aromatic carbocycles. The molecule has 2 amide bonds. The number of carbonyl (C=O) groups is 2. The van der Waals surface area contributed by atoms with Gasteiger partial charge in [-0.15, -0.1) is 18.2 Å². The van der Waals surface area contributed by atoms with Gasteiger partial charge in [0, 0.05) is 36.9 Å². The first-order valence-corrected chi connectivity index (χ1v) is 10.2. The summed E-state index contributed by atoms with van der Waals surface area (Å²) in [6.45, 7) is 3.34.